The average Bonchev–Trinajstić information content (AvgIpc) is 2.70. The van der Waals surface area contributed by atoms with Crippen molar-refractivity contribution in [2.75, 3.05) is 5.01 Å². The van der Waals surface area contributed by atoms with Crippen molar-refractivity contribution in [2.45, 2.75) is 12.3 Å². The molecule has 1 aliphatic heterocycles. The number of aromatic nitrogens is 1. The van der Waals surface area contributed by atoms with Crippen molar-refractivity contribution in [3.63, 3.8) is 0 Å². The third-order valence-electron chi connectivity index (χ3n) is 4.37. The summed E-state index contributed by atoms with van der Waals surface area (Å²) in [5.41, 5.74) is 2.36. The van der Waals surface area contributed by atoms with Gasteiger partial charge in [-0.3, -0.25) is 9.78 Å². The summed E-state index contributed by atoms with van der Waals surface area (Å²) in [6, 6.07) is 21.2. The van der Waals surface area contributed by atoms with E-state index in [1.807, 2.05) is 48.5 Å². The Kier molecular flexibility index (Phi) is 4.27. The van der Waals surface area contributed by atoms with Gasteiger partial charge in [0.2, 0.25) is 0 Å². The summed E-state index contributed by atoms with van der Waals surface area (Å²) < 4.78 is 14.3. The summed E-state index contributed by atoms with van der Waals surface area (Å²) in [5.74, 6) is -1.18. The number of para-hydroxylation sites is 1. The second-order valence-electron chi connectivity index (χ2n) is 6.03. The molecule has 1 unspecified atom stereocenters. The van der Waals surface area contributed by atoms with Gasteiger partial charge >= 0.3 is 0 Å². The molecule has 0 saturated carbocycles. The molecule has 1 aliphatic rings. The van der Waals surface area contributed by atoms with Gasteiger partial charge in [-0.2, -0.15) is 10.1 Å². The molecule has 4 nitrogen and oxygen atoms in total. The van der Waals surface area contributed by atoms with Crippen LogP contribution in [0.3, 0.4) is 0 Å². The Labute approximate surface area is 150 Å². The Hall–Kier alpha value is -3.34. The first-order valence-electron chi connectivity index (χ1n) is 8.36. The molecule has 2 aromatic carbocycles. The highest BCUT2D eigenvalue weighted by atomic mass is 19.1. The van der Waals surface area contributed by atoms with Crippen LogP contribution in [0.5, 0.6) is 0 Å². The zero-order chi connectivity index (χ0) is 17.9. The lowest BCUT2D eigenvalue weighted by atomic mass is 9.90. The lowest BCUT2D eigenvalue weighted by molar-refractivity contribution is -0.120. The first kappa shape index (κ1) is 16.1. The van der Waals surface area contributed by atoms with Crippen LogP contribution in [0.2, 0.25) is 0 Å². The van der Waals surface area contributed by atoms with E-state index in [1.54, 1.807) is 24.4 Å². The van der Waals surface area contributed by atoms with Crippen LogP contribution in [0.4, 0.5) is 10.1 Å². The number of amides is 1. The van der Waals surface area contributed by atoms with Gasteiger partial charge in [0.1, 0.15) is 11.5 Å². The Morgan fingerprint density at radius 2 is 1.65 bits per heavy atom. The maximum atomic E-state index is 14.3. The molecule has 26 heavy (non-hydrogen) atoms. The lowest BCUT2D eigenvalue weighted by Gasteiger charge is -2.29. The predicted octanol–water partition coefficient (Wildman–Crippen LogP) is 4.15. The molecule has 2 heterocycles. The normalized spacial score (nSPS) is 17.1. The molecule has 0 N–H and O–H groups in total. The van der Waals surface area contributed by atoms with Gasteiger partial charge in [-0.1, -0.05) is 48.5 Å². The van der Waals surface area contributed by atoms with E-state index in [4.69, 9.17) is 0 Å². The van der Waals surface area contributed by atoms with Gasteiger partial charge in [-0.25, -0.2) is 4.39 Å². The molecule has 0 aliphatic carbocycles. The molecule has 3 aromatic rings. The number of hydrogen-bond donors (Lipinski definition) is 0. The highest BCUT2D eigenvalue weighted by molar-refractivity contribution is 6.10. The molecule has 0 radical (unpaired) electrons. The van der Waals surface area contributed by atoms with Gasteiger partial charge in [0.05, 0.1) is 17.3 Å². The van der Waals surface area contributed by atoms with E-state index >= 15 is 0 Å². The first-order valence-corrected chi connectivity index (χ1v) is 8.36. The van der Waals surface area contributed by atoms with Crippen LogP contribution in [0.15, 0.2) is 84.1 Å². The second kappa shape index (κ2) is 6.88. The molecule has 5 heteroatoms. The Bertz CT molecular complexity index is 957. The van der Waals surface area contributed by atoms with Crippen LogP contribution in [-0.4, -0.2) is 16.6 Å². The maximum absolute atomic E-state index is 14.3. The van der Waals surface area contributed by atoms with Crippen LogP contribution >= 0.6 is 0 Å². The zero-order valence-corrected chi connectivity index (χ0v) is 13.9. The van der Waals surface area contributed by atoms with E-state index < -0.39 is 11.7 Å². The number of hydrogen-bond acceptors (Lipinski definition) is 3. The molecule has 128 valence electrons. The molecule has 1 amide bonds. The molecule has 0 fully saturated rings. The maximum Gasteiger partial charge on any atom is 0.255 e. The van der Waals surface area contributed by atoms with Crippen molar-refractivity contribution in [1.29, 1.82) is 0 Å². The minimum atomic E-state index is -0.487. The van der Waals surface area contributed by atoms with Gasteiger partial charge < -0.3 is 0 Å². The van der Waals surface area contributed by atoms with Crippen LogP contribution in [0.25, 0.3) is 0 Å². The smallest absolute Gasteiger partial charge is 0.255 e. The number of nitrogens with zero attached hydrogens (tertiary/aromatic N) is 3. The third-order valence-corrected chi connectivity index (χ3v) is 4.37. The fraction of sp³-hybridized carbons (Fsp3) is 0.0952. The Morgan fingerprint density at radius 1 is 0.923 bits per heavy atom. The van der Waals surface area contributed by atoms with Gasteiger partial charge in [0.25, 0.3) is 5.91 Å². The van der Waals surface area contributed by atoms with Gasteiger partial charge in [-0.05, 0) is 29.8 Å². The van der Waals surface area contributed by atoms with Crippen LogP contribution in [0, 0.1) is 5.82 Å². The molecule has 0 spiro atoms. The number of rotatable bonds is 3. The van der Waals surface area contributed by atoms with Gasteiger partial charge in [0.15, 0.2) is 0 Å². The topological polar surface area (TPSA) is 45.6 Å². The van der Waals surface area contributed by atoms with Crippen molar-refractivity contribution in [3.8, 4) is 0 Å². The van der Waals surface area contributed by atoms with Crippen molar-refractivity contribution in [2.24, 2.45) is 5.10 Å². The summed E-state index contributed by atoms with van der Waals surface area (Å²) in [6.45, 7) is 0. The monoisotopic (exact) mass is 345 g/mol. The molecule has 0 bridgehead atoms. The van der Waals surface area contributed by atoms with Crippen LogP contribution < -0.4 is 5.01 Å². The average molecular weight is 345 g/mol. The van der Waals surface area contributed by atoms with E-state index in [1.165, 1.54) is 11.1 Å². The van der Waals surface area contributed by atoms with E-state index in [0.717, 1.165) is 5.56 Å². The summed E-state index contributed by atoms with van der Waals surface area (Å²) in [6.07, 6.45) is 2.10. The van der Waals surface area contributed by atoms with E-state index in [2.05, 4.69) is 10.1 Å². The van der Waals surface area contributed by atoms with Gasteiger partial charge in [0, 0.05) is 12.6 Å². The molecule has 0 saturated heterocycles. The summed E-state index contributed by atoms with van der Waals surface area (Å²) in [5, 5.41) is 5.61. The number of carbonyl (C=O) groups is 1. The minimum Gasteiger partial charge on any atom is -0.272 e. The lowest BCUT2D eigenvalue weighted by Crippen LogP contribution is -2.38. The summed E-state index contributed by atoms with van der Waals surface area (Å²) >= 11 is 0. The third kappa shape index (κ3) is 2.99. The van der Waals surface area contributed by atoms with E-state index in [-0.39, 0.29) is 11.6 Å². The van der Waals surface area contributed by atoms with E-state index in [0.29, 0.717) is 17.8 Å². The predicted molar refractivity (Wildman–Crippen MR) is 98.5 cm³/mol. The summed E-state index contributed by atoms with van der Waals surface area (Å²) in [7, 11) is 0. The molecular weight excluding hydrogens is 329 g/mol. The van der Waals surface area contributed by atoms with Crippen LogP contribution in [-0.2, 0) is 4.79 Å². The van der Waals surface area contributed by atoms with Gasteiger partial charge in [-0.15, -0.1) is 0 Å². The van der Waals surface area contributed by atoms with Crippen molar-refractivity contribution in [1.82, 2.24) is 4.98 Å². The standard InChI is InChI=1S/C21H16FN3O/c22-17-10-4-5-12-20(17)25-21(26)16(15-8-2-1-3-9-15)14-19(24-25)18-11-6-7-13-23-18/h1-13,16H,14H2. The highest BCUT2D eigenvalue weighted by Crippen LogP contribution is 2.32. The fourth-order valence-corrected chi connectivity index (χ4v) is 3.07. The molecule has 4 rings (SSSR count). The number of anilines is 1. The van der Waals surface area contributed by atoms with Crippen molar-refractivity contribution >= 4 is 17.3 Å². The molecule has 1 atom stereocenters. The largest absolute Gasteiger partial charge is 0.272 e. The molecule has 1 aromatic heterocycles. The zero-order valence-electron chi connectivity index (χ0n) is 13.9. The van der Waals surface area contributed by atoms with E-state index in [9.17, 15) is 9.18 Å². The molecular formula is C21H16FN3O. The number of carbonyl (C=O) groups excluding carboxylic acids is 1. The SMILES string of the molecule is O=C1C(c2ccccc2)CC(c2ccccn2)=NN1c1ccccc1F. The number of pyridine rings is 1. The summed E-state index contributed by atoms with van der Waals surface area (Å²) in [4.78, 5) is 17.4. The minimum absolute atomic E-state index is 0.145. The second-order valence-corrected chi connectivity index (χ2v) is 6.03. The van der Waals surface area contributed by atoms with Crippen LogP contribution in [0.1, 0.15) is 23.6 Å². The van der Waals surface area contributed by atoms with Crippen molar-refractivity contribution in [3.05, 3.63) is 96.1 Å². The first-order chi connectivity index (χ1) is 12.7. The Balaban J connectivity index is 1.83. The number of hydrazone groups is 1. The quantitative estimate of drug-likeness (QED) is 0.716. The number of halogens is 1. The number of benzene rings is 2. The highest BCUT2D eigenvalue weighted by Gasteiger charge is 2.34. The Morgan fingerprint density at radius 3 is 2.38 bits per heavy atom. The van der Waals surface area contributed by atoms with Crippen molar-refractivity contribution < 1.29 is 9.18 Å². The fourth-order valence-electron chi connectivity index (χ4n) is 3.07.